The summed E-state index contributed by atoms with van der Waals surface area (Å²) in [6.45, 7) is 0.656. The predicted molar refractivity (Wildman–Crippen MR) is 80.3 cm³/mol. The van der Waals surface area contributed by atoms with Crippen molar-refractivity contribution in [1.29, 1.82) is 0 Å². The van der Waals surface area contributed by atoms with Gasteiger partial charge < -0.3 is 23.9 Å². The van der Waals surface area contributed by atoms with Crippen molar-refractivity contribution in [3.05, 3.63) is 41.9 Å². The molecule has 2 heterocycles. The Morgan fingerprint density at radius 1 is 1.54 bits per heavy atom. The van der Waals surface area contributed by atoms with Crippen LogP contribution >= 0.6 is 0 Å². The van der Waals surface area contributed by atoms with Crippen molar-refractivity contribution in [3.8, 4) is 11.5 Å². The molecule has 7 nitrogen and oxygen atoms in total. The number of carbonyl (C=O) groups excluding carboxylic acids is 1. The molecule has 0 radical (unpaired) electrons. The van der Waals surface area contributed by atoms with Gasteiger partial charge >= 0.3 is 0 Å². The summed E-state index contributed by atoms with van der Waals surface area (Å²) in [5.41, 5.74) is 0.137. The molecule has 24 heavy (non-hydrogen) atoms. The highest BCUT2D eigenvalue weighted by atomic mass is 19.1. The van der Waals surface area contributed by atoms with Crippen molar-refractivity contribution in [1.82, 2.24) is 9.88 Å². The van der Waals surface area contributed by atoms with Gasteiger partial charge in [0.1, 0.15) is 12.0 Å². The molecule has 0 spiro atoms. The summed E-state index contributed by atoms with van der Waals surface area (Å²) in [6.07, 6.45) is 1.29. The highest BCUT2D eigenvalue weighted by Crippen LogP contribution is 2.23. The molecule has 1 atom stereocenters. The van der Waals surface area contributed by atoms with Gasteiger partial charge in [-0.15, -0.1) is 0 Å². The lowest BCUT2D eigenvalue weighted by Gasteiger charge is -2.12. The molecule has 1 aliphatic heterocycles. The maximum atomic E-state index is 13.8. The summed E-state index contributed by atoms with van der Waals surface area (Å²) >= 11 is 0. The topological polar surface area (TPSA) is 85.0 Å². The zero-order chi connectivity index (χ0) is 17.1. The van der Waals surface area contributed by atoms with Gasteiger partial charge in [0.05, 0.1) is 13.2 Å². The van der Waals surface area contributed by atoms with Gasteiger partial charge in [-0.3, -0.25) is 4.79 Å². The molecule has 1 aromatic carbocycles. The normalized spacial score (nSPS) is 17.1. The second kappa shape index (κ2) is 6.88. The monoisotopic (exact) mass is 336 g/mol. The van der Waals surface area contributed by atoms with Crippen LogP contribution in [0, 0.1) is 5.82 Å². The lowest BCUT2D eigenvalue weighted by atomic mass is 10.3. The first-order valence-electron chi connectivity index (χ1n) is 7.45. The average Bonchev–Trinajstić information content (AvgIpc) is 3.22. The molecule has 128 valence electrons. The number of methoxy groups -OCH3 is 1. The van der Waals surface area contributed by atoms with Crippen molar-refractivity contribution < 1.29 is 28.2 Å². The molecule has 1 amide bonds. The first-order valence-corrected chi connectivity index (χ1v) is 7.45. The third-order valence-corrected chi connectivity index (χ3v) is 3.71. The number of benzene rings is 1. The number of oxazole rings is 1. The van der Waals surface area contributed by atoms with Crippen LogP contribution in [-0.2, 0) is 6.61 Å². The molecular weight excluding hydrogens is 319 g/mol. The van der Waals surface area contributed by atoms with Crippen LogP contribution in [0.25, 0.3) is 0 Å². The number of carbonyl (C=O) groups is 1. The molecule has 8 heteroatoms. The van der Waals surface area contributed by atoms with Crippen molar-refractivity contribution in [2.24, 2.45) is 0 Å². The number of rotatable bonds is 5. The second-order valence-electron chi connectivity index (χ2n) is 5.41. The summed E-state index contributed by atoms with van der Waals surface area (Å²) in [5.74, 6) is -0.296. The van der Waals surface area contributed by atoms with Crippen LogP contribution in [0.5, 0.6) is 11.5 Å². The van der Waals surface area contributed by atoms with Crippen molar-refractivity contribution >= 4 is 5.91 Å². The maximum Gasteiger partial charge on any atom is 0.275 e. The quantitative estimate of drug-likeness (QED) is 0.893. The van der Waals surface area contributed by atoms with Gasteiger partial charge in [0.25, 0.3) is 5.91 Å². The van der Waals surface area contributed by atoms with Crippen molar-refractivity contribution in [2.45, 2.75) is 19.1 Å². The highest BCUT2D eigenvalue weighted by Gasteiger charge is 2.27. The number of aromatic nitrogens is 1. The molecule has 3 rings (SSSR count). The zero-order valence-electron chi connectivity index (χ0n) is 13.1. The van der Waals surface area contributed by atoms with E-state index in [0.717, 1.165) is 0 Å². The minimum absolute atomic E-state index is 0.0320. The van der Waals surface area contributed by atoms with Crippen LogP contribution in [0.2, 0.25) is 0 Å². The third kappa shape index (κ3) is 3.48. The predicted octanol–water partition coefficient (Wildman–Crippen LogP) is 1.61. The Morgan fingerprint density at radius 3 is 3.04 bits per heavy atom. The first-order chi connectivity index (χ1) is 11.6. The number of halogens is 1. The molecule has 0 saturated carbocycles. The molecule has 1 fully saturated rings. The van der Waals surface area contributed by atoms with Crippen LogP contribution in [0.3, 0.4) is 0 Å². The molecule has 1 aliphatic rings. The molecular formula is C16H17FN2O5. The van der Waals surface area contributed by atoms with Crippen LogP contribution in [0.4, 0.5) is 4.39 Å². The van der Waals surface area contributed by atoms with E-state index in [-0.39, 0.29) is 36.4 Å². The van der Waals surface area contributed by atoms with Gasteiger partial charge in [-0.1, -0.05) is 0 Å². The maximum absolute atomic E-state index is 13.8. The van der Waals surface area contributed by atoms with E-state index in [0.29, 0.717) is 18.7 Å². The molecule has 1 aromatic heterocycles. The number of β-amino-alcohol motifs (C(OH)–C–C–N with tert-alkyl or cyclic N) is 1. The van der Waals surface area contributed by atoms with E-state index in [1.165, 1.54) is 30.4 Å². The number of amides is 1. The van der Waals surface area contributed by atoms with Crippen molar-refractivity contribution in [3.63, 3.8) is 0 Å². The van der Waals surface area contributed by atoms with E-state index in [4.69, 9.17) is 13.9 Å². The van der Waals surface area contributed by atoms with E-state index in [1.54, 1.807) is 6.07 Å². The Bertz CT molecular complexity index is 733. The van der Waals surface area contributed by atoms with Crippen LogP contribution in [0.1, 0.15) is 22.8 Å². The van der Waals surface area contributed by atoms with Gasteiger partial charge in [-0.05, 0) is 18.6 Å². The summed E-state index contributed by atoms with van der Waals surface area (Å²) in [5, 5.41) is 9.47. The molecule has 0 aliphatic carbocycles. The number of ether oxygens (including phenoxy) is 2. The van der Waals surface area contributed by atoms with Crippen LogP contribution < -0.4 is 9.47 Å². The fraction of sp³-hybridized carbons (Fsp3) is 0.375. The Kier molecular flexibility index (Phi) is 4.66. The summed E-state index contributed by atoms with van der Waals surface area (Å²) in [4.78, 5) is 17.7. The zero-order valence-corrected chi connectivity index (χ0v) is 13.1. The lowest BCUT2D eigenvalue weighted by molar-refractivity contribution is 0.0759. The van der Waals surface area contributed by atoms with Gasteiger partial charge in [-0.2, -0.15) is 0 Å². The van der Waals surface area contributed by atoms with E-state index < -0.39 is 11.9 Å². The highest BCUT2D eigenvalue weighted by molar-refractivity contribution is 5.92. The minimum atomic E-state index is -0.566. The minimum Gasteiger partial charge on any atom is -0.497 e. The van der Waals surface area contributed by atoms with E-state index in [9.17, 15) is 14.3 Å². The van der Waals surface area contributed by atoms with E-state index in [1.807, 2.05) is 0 Å². The third-order valence-electron chi connectivity index (χ3n) is 3.71. The molecule has 0 bridgehead atoms. The summed E-state index contributed by atoms with van der Waals surface area (Å²) < 4.78 is 29.2. The average molecular weight is 336 g/mol. The van der Waals surface area contributed by atoms with Gasteiger partial charge in [0.15, 0.2) is 23.9 Å². The summed E-state index contributed by atoms with van der Waals surface area (Å²) in [7, 11) is 1.44. The van der Waals surface area contributed by atoms with Crippen LogP contribution in [-0.4, -0.2) is 47.2 Å². The largest absolute Gasteiger partial charge is 0.497 e. The second-order valence-corrected chi connectivity index (χ2v) is 5.41. The number of likely N-dealkylation sites (tertiary alicyclic amines) is 1. The van der Waals surface area contributed by atoms with Crippen molar-refractivity contribution in [2.75, 3.05) is 20.2 Å². The Labute approximate surface area is 137 Å². The standard InChI is InChI=1S/C16H17FN2O5/c1-22-11-2-3-14(12(17)6-11)23-9-15-18-13(8-24-15)16(21)19-5-4-10(20)7-19/h2-3,6,8,10,20H,4-5,7,9H2,1H3. The lowest BCUT2D eigenvalue weighted by Crippen LogP contribution is -2.29. The SMILES string of the molecule is COc1ccc(OCc2nc(C(=O)N3CCC(O)C3)co2)c(F)c1. The number of hydrogen-bond donors (Lipinski definition) is 1. The fourth-order valence-corrected chi connectivity index (χ4v) is 2.43. The molecule has 2 aromatic rings. The molecule has 1 saturated heterocycles. The van der Waals surface area contributed by atoms with E-state index >= 15 is 0 Å². The summed E-state index contributed by atoms with van der Waals surface area (Å²) in [6, 6.07) is 4.22. The smallest absolute Gasteiger partial charge is 0.275 e. The first kappa shape index (κ1) is 16.3. The number of hydrogen-bond acceptors (Lipinski definition) is 6. The van der Waals surface area contributed by atoms with Crippen LogP contribution in [0.15, 0.2) is 28.9 Å². The Balaban J connectivity index is 1.61. The van der Waals surface area contributed by atoms with Gasteiger partial charge in [0.2, 0.25) is 5.89 Å². The van der Waals surface area contributed by atoms with Gasteiger partial charge in [0, 0.05) is 19.2 Å². The number of aliphatic hydroxyl groups is 1. The molecule has 1 N–H and O–H groups in total. The molecule has 1 unspecified atom stereocenters. The Morgan fingerprint density at radius 2 is 2.38 bits per heavy atom. The van der Waals surface area contributed by atoms with Gasteiger partial charge in [-0.25, -0.2) is 9.37 Å². The van der Waals surface area contributed by atoms with E-state index in [2.05, 4.69) is 4.98 Å². The number of aliphatic hydroxyl groups excluding tert-OH is 1. The Hall–Kier alpha value is -2.61. The fourth-order valence-electron chi connectivity index (χ4n) is 2.43. The number of nitrogens with zero attached hydrogens (tertiary/aromatic N) is 2.